The van der Waals surface area contributed by atoms with Crippen LogP contribution in [0.2, 0.25) is 0 Å². The van der Waals surface area contributed by atoms with Crippen molar-refractivity contribution in [2.75, 3.05) is 12.8 Å². The zero-order chi connectivity index (χ0) is 11.5. The number of nitrogens with zero attached hydrogens (tertiary/aromatic N) is 1. The molecule has 4 nitrogen and oxygen atoms in total. The molecule has 1 saturated carbocycles. The Hall–Kier alpha value is -1.71. The number of carbonyl (C=O) groups is 1. The van der Waals surface area contributed by atoms with Gasteiger partial charge in [0.2, 0.25) is 0 Å². The van der Waals surface area contributed by atoms with Crippen LogP contribution < -0.4 is 11.1 Å². The number of hydrogen-bond acceptors (Lipinski definition) is 2. The number of urea groups is 1. The van der Waals surface area contributed by atoms with Crippen LogP contribution in [0.15, 0.2) is 24.3 Å². The fourth-order valence-electron chi connectivity index (χ4n) is 1.55. The highest BCUT2D eigenvalue weighted by molar-refractivity contribution is 5.74. The topological polar surface area (TPSA) is 58.4 Å². The quantitative estimate of drug-likeness (QED) is 0.758. The molecular formula is C12H17N3O. The number of benzene rings is 1. The maximum Gasteiger partial charge on any atom is 0.317 e. The molecule has 0 aliphatic heterocycles. The first-order valence-corrected chi connectivity index (χ1v) is 5.51. The lowest BCUT2D eigenvalue weighted by Crippen LogP contribution is -2.37. The van der Waals surface area contributed by atoms with Gasteiger partial charge in [0, 0.05) is 25.3 Å². The van der Waals surface area contributed by atoms with Crippen molar-refractivity contribution in [2.24, 2.45) is 0 Å². The minimum atomic E-state index is -0.00933. The van der Waals surface area contributed by atoms with Gasteiger partial charge in [0.05, 0.1) is 0 Å². The van der Waals surface area contributed by atoms with Crippen LogP contribution in [0.1, 0.15) is 18.4 Å². The minimum absolute atomic E-state index is 0.00933. The van der Waals surface area contributed by atoms with E-state index in [1.807, 2.05) is 24.3 Å². The van der Waals surface area contributed by atoms with Crippen molar-refractivity contribution < 1.29 is 4.79 Å². The average Bonchev–Trinajstić information content (AvgIpc) is 3.01. The van der Waals surface area contributed by atoms with Crippen LogP contribution in [0.5, 0.6) is 0 Å². The van der Waals surface area contributed by atoms with Gasteiger partial charge in [0.1, 0.15) is 0 Å². The molecule has 0 bridgehead atoms. The van der Waals surface area contributed by atoms with Gasteiger partial charge in [0.15, 0.2) is 0 Å². The fraction of sp³-hybridized carbons (Fsp3) is 0.417. The van der Waals surface area contributed by atoms with E-state index in [1.165, 1.54) is 0 Å². The van der Waals surface area contributed by atoms with Crippen LogP contribution in [0.25, 0.3) is 0 Å². The van der Waals surface area contributed by atoms with Gasteiger partial charge < -0.3 is 16.0 Å². The highest BCUT2D eigenvalue weighted by Gasteiger charge is 2.24. The van der Waals surface area contributed by atoms with Crippen LogP contribution in [0, 0.1) is 0 Å². The second kappa shape index (κ2) is 4.43. The molecule has 1 aliphatic carbocycles. The summed E-state index contributed by atoms with van der Waals surface area (Å²) in [7, 11) is 1.79. The summed E-state index contributed by atoms with van der Waals surface area (Å²) in [6.07, 6.45) is 2.22. The van der Waals surface area contributed by atoms with Gasteiger partial charge in [-0.25, -0.2) is 4.79 Å². The Balaban J connectivity index is 1.90. The molecule has 0 saturated heterocycles. The maximum absolute atomic E-state index is 11.7. The molecule has 2 amide bonds. The van der Waals surface area contributed by atoms with Crippen LogP contribution >= 0.6 is 0 Å². The Morgan fingerprint density at radius 2 is 2.31 bits per heavy atom. The lowest BCUT2D eigenvalue weighted by Gasteiger charge is -2.18. The Morgan fingerprint density at radius 3 is 2.94 bits per heavy atom. The van der Waals surface area contributed by atoms with E-state index >= 15 is 0 Å². The Morgan fingerprint density at radius 1 is 1.56 bits per heavy atom. The fourth-order valence-corrected chi connectivity index (χ4v) is 1.55. The van der Waals surface area contributed by atoms with E-state index in [0.29, 0.717) is 12.6 Å². The van der Waals surface area contributed by atoms with Gasteiger partial charge in [-0.2, -0.15) is 0 Å². The van der Waals surface area contributed by atoms with Crippen LogP contribution in [-0.2, 0) is 6.54 Å². The van der Waals surface area contributed by atoms with Crippen molar-refractivity contribution in [1.29, 1.82) is 0 Å². The van der Waals surface area contributed by atoms with Crippen LogP contribution in [-0.4, -0.2) is 24.0 Å². The van der Waals surface area contributed by atoms with Crippen molar-refractivity contribution in [3.8, 4) is 0 Å². The highest BCUT2D eigenvalue weighted by Crippen LogP contribution is 2.19. The molecule has 0 heterocycles. The summed E-state index contributed by atoms with van der Waals surface area (Å²) >= 11 is 0. The van der Waals surface area contributed by atoms with Gasteiger partial charge in [-0.1, -0.05) is 12.1 Å². The van der Waals surface area contributed by atoms with Gasteiger partial charge >= 0.3 is 6.03 Å². The average molecular weight is 219 g/mol. The summed E-state index contributed by atoms with van der Waals surface area (Å²) in [5.41, 5.74) is 7.46. The van der Waals surface area contributed by atoms with Crippen molar-refractivity contribution >= 4 is 11.7 Å². The summed E-state index contributed by atoms with van der Waals surface area (Å²) in [5.74, 6) is 0. The molecule has 0 unspecified atom stereocenters. The van der Waals surface area contributed by atoms with Crippen LogP contribution in [0.3, 0.4) is 0 Å². The van der Waals surface area contributed by atoms with E-state index in [0.717, 1.165) is 24.1 Å². The van der Waals surface area contributed by atoms with E-state index in [2.05, 4.69) is 5.32 Å². The monoisotopic (exact) mass is 219 g/mol. The molecule has 3 N–H and O–H groups in total. The van der Waals surface area contributed by atoms with Crippen molar-refractivity contribution in [3.05, 3.63) is 29.8 Å². The standard InChI is InChI=1S/C12H17N3O/c1-15(12(16)14-11-5-6-11)8-9-3-2-4-10(13)7-9/h2-4,7,11H,5-6,8,13H2,1H3,(H,14,16). The van der Waals surface area contributed by atoms with E-state index in [1.54, 1.807) is 11.9 Å². The number of anilines is 1. The van der Waals surface area contributed by atoms with E-state index in [9.17, 15) is 4.79 Å². The van der Waals surface area contributed by atoms with Gasteiger partial charge in [-0.3, -0.25) is 0 Å². The molecule has 0 atom stereocenters. The molecule has 1 aromatic carbocycles. The molecule has 1 aliphatic rings. The number of nitrogens with two attached hydrogens (primary N) is 1. The molecule has 4 heteroatoms. The van der Waals surface area contributed by atoms with Gasteiger partial charge in [-0.15, -0.1) is 0 Å². The zero-order valence-corrected chi connectivity index (χ0v) is 9.44. The predicted octanol–water partition coefficient (Wildman–Crippen LogP) is 1.57. The Kier molecular flexibility index (Phi) is 2.99. The predicted molar refractivity (Wildman–Crippen MR) is 63.9 cm³/mol. The molecular weight excluding hydrogens is 202 g/mol. The minimum Gasteiger partial charge on any atom is -0.399 e. The summed E-state index contributed by atoms with van der Waals surface area (Å²) in [6, 6.07) is 7.99. The summed E-state index contributed by atoms with van der Waals surface area (Å²) < 4.78 is 0. The lowest BCUT2D eigenvalue weighted by molar-refractivity contribution is 0.206. The molecule has 2 rings (SSSR count). The molecule has 1 fully saturated rings. The number of amides is 2. The number of rotatable bonds is 3. The zero-order valence-electron chi connectivity index (χ0n) is 9.44. The van der Waals surface area contributed by atoms with Crippen molar-refractivity contribution in [3.63, 3.8) is 0 Å². The molecule has 86 valence electrons. The first-order chi connectivity index (χ1) is 7.65. The number of nitrogen functional groups attached to an aromatic ring is 1. The molecule has 0 spiro atoms. The van der Waals surface area contributed by atoms with E-state index in [4.69, 9.17) is 5.73 Å². The highest BCUT2D eigenvalue weighted by atomic mass is 16.2. The van der Waals surface area contributed by atoms with Crippen molar-refractivity contribution in [1.82, 2.24) is 10.2 Å². The second-order valence-corrected chi connectivity index (χ2v) is 4.32. The first kappa shape index (κ1) is 10.8. The van der Waals surface area contributed by atoms with Crippen LogP contribution in [0.4, 0.5) is 10.5 Å². The summed E-state index contributed by atoms with van der Waals surface area (Å²) in [5, 5.41) is 2.94. The smallest absolute Gasteiger partial charge is 0.317 e. The third kappa shape index (κ3) is 2.89. The largest absolute Gasteiger partial charge is 0.399 e. The summed E-state index contributed by atoms with van der Waals surface area (Å²) in [6.45, 7) is 0.587. The van der Waals surface area contributed by atoms with Gasteiger partial charge in [-0.05, 0) is 30.5 Å². The molecule has 0 radical (unpaired) electrons. The lowest BCUT2D eigenvalue weighted by atomic mass is 10.2. The third-order valence-electron chi connectivity index (χ3n) is 2.62. The number of carbonyl (C=O) groups excluding carboxylic acids is 1. The third-order valence-corrected chi connectivity index (χ3v) is 2.62. The first-order valence-electron chi connectivity index (χ1n) is 5.51. The second-order valence-electron chi connectivity index (χ2n) is 4.32. The maximum atomic E-state index is 11.7. The molecule has 16 heavy (non-hydrogen) atoms. The number of hydrogen-bond donors (Lipinski definition) is 2. The summed E-state index contributed by atoms with van der Waals surface area (Å²) in [4.78, 5) is 13.3. The SMILES string of the molecule is CN(Cc1cccc(N)c1)C(=O)NC1CC1. The number of nitrogens with one attached hydrogen (secondary N) is 1. The normalized spacial score (nSPS) is 14.6. The van der Waals surface area contributed by atoms with E-state index < -0.39 is 0 Å². The van der Waals surface area contributed by atoms with Gasteiger partial charge in [0.25, 0.3) is 0 Å². The van der Waals surface area contributed by atoms with Crippen molar-refractivity contribution in [2.45, 2.75) is 25.4 Å². The molecule has 1 aromatic rings. The Labute approximate surface area is 95.4 Å². The molecule has 0 aromatic heterocycles. The van der Waals surface area contributed by atoms with E-state index in [-0.39, 0.29) is 6.03 Å². The Bertz CT molecular complexity index is 388.